The van der Waals surface area contributed by atoms with Crippen molar-refractivity contribution in [1.29, 1.82) is 0 Å². The van der Waals surface area contributed by atoms with Crippen molar-refractivity contribution >= 4 is 11.5 Å². The topological polar surface area (TPSA) is 58.2 Å². The molecule has 0 bridgehead atoms. The van der Waals surface area contributed by atoms with Crippen LogP contribution in [0, 0.1) is 20.8 Å². The van der Waals surface area contributed by atoms with Crippen LogP contribution in [0.4, 0.5) is 5.69 Å². The molecule has 3 aliphatic rings. The second-order valence-electron chi connectivity index (χ2n) is 10.2. The average molecular weight is 552 g/mol. The molecular formula is C33H57N7. The zero-order chi connectivity index (χ0) is 29.8. The van der Waals surface area contributed by atoms with Gasteiger partial charge in [-0.3, -0.25) is 5.43 Å². The van der Waals surface area contributed by atoms with Crippen LogP contribution in [0.2, 0.25) is 0 Å². The summed E-state index contributed by atoms with van der Waals surface area (Å²) < 4.78 is 0. The Morgan fingerprint density at radius 1 is 0.875 bits per heavy atom. The molecule has 0 spiro atoms. The molecular weight excluding hydrogens is 494 g/mol. The van der Waals surface area contributed by atoms with E-state index >= 15 is 0 Å². The Labute approximate surface area is 245 Å². The van der Waals surface area contributed by atoms with Crippen molar-refractivity contribution in [3.8, 4) is 0 Å². The maximum atomic E-state index is 5.02. The van der Waals surface area contributed by atoms with Gasteiger partial charge in [-0.05, 0) is 75.4 Å². The number of nitrogens with one attached hydrogen (secondary N) is 3. The van der Waals surface area contributed by atoms with Crippen molar-refractivity contribution in [2.75, 3.05) is 33.7 Å². The van der Waals surface area contributed by atoms with Crippen molar-refractivity contribution in [3.05, 3.63) is 63.7 Å². The number of amidine groups is 1. The Morgan fingerprint density at radius 3 is 2.12 bits per heavy atom. The van der Waals surface area contributed by atoms with Gasteiger partial charge in [-0.15, -0.1) is 0 Å². The van der Waals surface area contributed by atoms with Crippen LogP contribution >= 0.6 is 0 Å². The van der Waals surface area contributed by atoms with Gasteiger partial charge in [-0.2, -0.15) is 5.53 Å². The smallest absolute Gasteiger partial charge is 0.141 e. The second kappa shape index (κ2) is 16.8. The van der Waals surface area contributed by atoms with E-state index in [1.807, 2.05) is 41.5 Å². The molecule has 2 atom stereocenters. The van der Waals surface area contributed by atoms with Crippen molar-refractivity contribution < 1.29 is 0 Å². The van der Waals surface area contributed by atoms with E-state index in [1.165, 1.54) is 59.3 Å². The Kier molecular flexibility index (Phi) is 14.3. The molecule has 2 fully saturated rings. The summed E-state index contributed by atoms with van der Waals surface area (Å²) in [5, 5.41) is 4.34. The fourth-order valence-corrected chi connectivity index (χ4v) is 5.57. The molecule has 2 aromatic rings. The third-order valence-corrected chi connectivity index (χ3v) is 7.72. The van der Waals surface area contributed by atoms with Gasteiger partial charge in [0.05, 0.1) is 11.9 Å². The van der Waals surface area contributed by atoms with E-state index < -0.39 is 0 Å². The van der Waals surface area contributed by atoms with Gasteiger partial charge < -0.3 is 4.90 Å². The molecule has 0 aromatic heterocycles. The van der Waals surface area contributed by atoms with E-state index in [-0.39, 0.29) is 12.2 Å². The lowest BCUT2D eigenvalue weighted by Crippen LogP contribution is -2.64. The molecule has 2 saturated heterocycles. The second-order valence-corrected chi connectivity index (χ2v) is 10.2. The minimum Gasteiger partial charge on any atom is -0.303 e. The van der Waals surface area contributed by atoms with Crippen molar-refractivity contribution in [1.82, 2.24) is 31.3 Å². The highest BCUT2D eigenvalue weighted by molar-refractivity contribution is 5.97. The Balaban J connectivity index is 0.000000876. The molecule has 5 rings (SSSR count). The van der Waals surface area contributed by atoms with Crippen LogP contribution in [0.15, 0.2) is 35.3 Å². The zero-order valence-electron chi connectivity index (χ0n) is 27.3. The summed E-state index contributed by atoms with van der Waals surface area (Å²) in [5.41, 5.74) is 19.7. The first kappa shape index (κ1) is 33.9. The minimum absolute atomic E-state index is 0.00662. The third-order valence-electron chi connectivity index (χ3n) is 7.72. The van der Waals surface area contributed by atoms with E-state index in [1.54, 1.807) is 0 Å². The van der Waals surface area contributed by atoms with E-state index in [2.05, 4.69) is 96.5 Å². The Morgan fingerprint density at radius 2 is 1.50 bits per heavy atom. The van der Waals surface area contributed by atoms with Crippen molar-refractivity contribution in [2.45, 2.75) is 100 Å². The van der Waals surface area contributed by atoms with Gasteiger partial charge in [0.1, 0.15) is 11.9 Å². The monoisotopic (exact) mass is 551 g/mol. The lowest BCUT2D eigenvalue weighted by Gasteiger charge is -2.40. The molecule has 3 N–H and O–H groups in total. The van der Waals surface area contributed by atoms with E-state index in [4.69, 9.17) is 4.99 Å². The molecule has 224 valence electrons. The standard InChI is InChI=1S/C27H39N7.3C2H6/c1-18-8-10-21(11-9-18)17-23-32(4)30-26-24-20(3)22(12-15-34-13-6-7-14-34)16-19(2)25(24)28-27(26)29-31-33(23)5;3*1-2/h8-11,16,23,26,30-31H,6-7,12-15,17H2,1-5H3,(H,28,29);3*1-2H3. The van der Waals surface area contributed by atoms with E-state index in [0.717, 1.165) is 30.9 Å². The molecule has 2 aromatic carbocycles. The lowest BCUT2D eigenvalue weighted by atomic mass is 9.92. The van der Waals surface area contributed by atoms with Crippen LogP contribution in [-0.4, -0.2) is 60.6 Å². The van der Waals surface area contributed by atoms with E-state index in [0.29, 0.717) is 0 Å². The number of likely N-dealkylation sites (N-methyl/N-ethyl adjacent to an activating group) is 2. The highest BCUT2D eigenvalue weighted by atomic mass is 15.8. The van der Waals surface area contributed by atoms with E-state index in [9.17, 15) is 0 Å². The maximum Gasteiger partial charge on any atom is 0.141 e. The number of rotatable bonds is 5. The SMILES string of the molecule is CC.CC.CC.Cc1ccc(CC2N(C)NNC3=Nc4c(C)cc(CCN5CCCC5)c(C)c4C3NN2C)cc1. The highest BCUT2D eigenvalue weighted by Crippen LogP contribution is 2.40. The first-order valence-corrected chi connectivity index (χ1v) is 15.6. The molecule has 0 amide bonds. The highest BCUT2D eigenvalue weighted by Gasteiger charge is 2.36. The number of aliphatic imine (C=N–C) groups is 1. The quantitative estimate of drug-likeness (QED) is 0.401. The van der Waals surface area contributed by atoms with Crippen LogP contribution in [0.1, 0.15) is 93.8 Å². The average Bonchev–Trinajstić information content (AvgIpc) is 3.63. The van der Waals surface area contributed by atoms with Gasteiger partial charge >= 0.3 is 0 Å². The number of benzene rings is 2. The lowest BCUT2D eigenvalue weighted by molar-refractivity contribution is -0.00989. The number of nitrogens with zero attached hydrogens (tertiary/aromatic N) is 4. The Hall–Kier alpha value is -2.29. The molecule has 0 saturated carbocycles. The van der Waals surface area contributed by atoms with Gasteiger partial charge in [0.2, 0.25) is 0 Å². The summed E-state index contributed by atoms with van der Waals surface area (Å²) >= 11 is 0. The summed E-state index contributed by atoms with van der Waals surface area (Å²) in [7, 11) is 4.21. The number of likely N-dealkylation sites (tertiary alicyclic amines) is 1. The number of hydrogen-bond donors (Lipinski definition) is 3. The van der Waals surface area contributed by atoms with Gasteiger partial charge in [0, 0.05) is 32.6 Å². The van der Waals surface area contributed by atoms with Gasteiger partial charge in [-0.25, -0.2) is 20.4 Å². The zero-order valence-corrected chi connectivity index (χ0v) is 27.3. The molecule has 2 unspecified atom stereocenters. The molecule has 3 aliphatic heterocycles. The summed E-state index contributed by atoms with van der Waals surface area (Å²) in [6.07, 6.45) is 4.81. The predicted molar refractivity (Wildman–Crippen MR) is 173 cm³/mol. The number of hydrazine groups is 3. The molecule has 0 aliphatic carbocycles. The van der Waals surface area contributed by atoms with Gasteiger partial charge in [0.15, 0.2) is 0 Å². The largest absolute Gasteiger partial charge is 0.303 e. The first-order valence-electron chi connectivity index (χ1n) is 15.6. The third kappa shape index (κ3) is 8.14. The molecule has 0 radical (unpaired) electrons. The van der Waals surface area contributed by atoms with Crippen LogP contribution in [0.3, 0.4) is 0 Å². The number of hydrogen-bond acceptors (Lipinski definition) is 7. The summed E-state index contributed by atoms with van der Waals surface area (Å²) in [5.74, 6) is 0.922. The van der Waals surface area contributed by atoms with Crippen LogP contribution in [0.5, 0.6) is 0 Å². The summed E-state index contributed by atoms with van der Waals surface area (Å²) in [4.78, 5) is 7.62. The molecule has 7 nitrogen and oxygen atoms in total. The predicted octanol–water partition coefficient (Wildman–Crippen LogP) is 6.37. The van der Waals surface area contributed by atoms with Crippen LogP contribution in [0.25, 0.3) is 0 Å². The fraction of sp³-hybridized carbons (Fsp3) is 0.606. The maximum absolute atomic E-state index is 5.02. The van der Waals surface area contributed by atoms with Crippen molar-refractivity contribution in [3.63, 3.8) is 0 Å². The number of aryl methyl sites for hydroxylation is 2. The molecule has 7 heteroatoms. The van der Waals surface area contributed by atoms with Crippen LogP contribution in [-0.2, 0) is 12.8 Å². The molecule has 3 heterocycles. The summed E-state index contributed by atoms with van der Waals surface area (Å²) in [6, 6.07) is 11.2. The fourth-order valence-electron chi connectivity index (χ4n) is 5.57. The minimum atomic E-state index is 0.00662. The summed E-state index contributed by atoms with van der Waals surface area (Å²) in [6.45, 7) is 22.2. The first-order chi connectivity index (χ1) is 19.4. The normalized spacial score (nSPS) is 20.6. The molecule has 40 heavy (non-hydrogen) atoms. The Bertz CT molecular complexity index is 1060. The van der Waals surface area contributed by atoms with Gasteiger partial charge in [-0.1, -0.05) is 77.4 Å². The van der Waals surface area contributed by atoms with Crippen molar-refractivity contribution in [2.24, 2.45) is 4.99 Å². The van der Waals surface area contributed by atoms with Crippen LogP contribution < -0.4 is 16.4 Å². The number of fused-ring (bicyclic) bond motifs is 3. The van der Waals surface area contributed by atoms with Gasteiger partial charge in [0.25, 0.3) is 0 Å².